The van der Waals surface area contributed by atoms with Crippen LogP contribution in [-0.4, -0.2) is 18.0 Å². The summed E-state index contributed by atoms with van der Waals surface area (Å²) in [6.45, 7) is 3.26. The lowest BCUT2D eigenvalue weighted by Crippen LogP contribution is -2.29. The van der Waals surface area contributed by atoms with Crippen molar-refractivity contribution in [3.05, 3.63) is 51.5 Å². The number of benzene rings is 1. The molecule has 7 heteroatoms. The van der Waals surface area contributed by atoms with Crippen LogP contribution in [0.15, 0.2) is 36.4 Å². The molecule has 22 heavy (non-hydrogen) atoms. The fourth-order valence-corrected chi connectivity index (χ4v) is 1.96. The molecule has 1 unspecified atom stereocenters. The van der Waals surface area contributed by atoms with E-state index in [1.165, 1.54) is 31.2 Å². The maximum absolute atomic E-state index is 12.0. The second-order valence-corrected chi connectivity index (χ2v) is 5.42. The zero-order chi connectivity index (χ0) is 16.7. The number of nitrogens with one attached hydrogen (secondary N) is 1. The molecule has 0 spiro atoms. The van der Waals surface area contributed by atoms with Crippen molar-refractivity contribution in [3.63, 3.8) is 0 Å². The van der Waals surface area contributed by atoms with E-state index in [0.717, 1.165) is 0 Å². The van der Waals surface area contributed by atoms with Crippen LogP contribution in [0, 0.1) is 0 Å². The Kier molecular flexibility index (Phi) is 7.45. The molecule has 0 saturated carbocycles. The Morgan fingerprint density at radius 1 is 1.14 bits per heavy atom. The number of hydrogen-bond donors (Lipinski definition) is 1. The molecule has 0 aliphatic rings. The molecular formula is C15H14Cl3NO3. The van der Waals surface area contributed by atoms with Gasteiger partial charge in [0.15, 0.2) is 6.10 Å². The summed E-state index contributed by atoms with van der Waals surface area (Å²) < 4.78 is 4.95. The Morgan fingerprint density at radius 2 is 1.77 bits per heavy atom. The molecule has 0 bridgehead atoms. The lowest BCUT2D eigenvalue weighted by molar-refractivity contribution is -0.148. The van der Waals surface area contributed by atoms with Crippen LogP contribution in [0.1, 0.15) is 13.8 Å². The first kappa shape index (κ1) is 18.6. The van der Waals surface area contributed by atoms with Crippen molar-refractivity contribution in [1.82, 2.24) is 0 Å². The smallest absolute Gasteiger partial charge is 0.331 e. The maximum Gasteiger partial charge on any atom is 0.331 e. The van der Waals surface area contributed by atoms with E-state index in [1.807, 2.05) is 6.92 Å². The van der Waals surface area contributed by atoms with Gasteiger partial charge < -0.3 is 10.1 Å². The number of rotatable bonds is 5. The van der Waals surface area contributed by atoms with Gasteiger partial charge in [0.05, 0.1) is 20.8 Å². The minimum Gasteiger partial charge on any atom is -0.449 e. The summed E-state index contributed by atoms with van der Waals surface area (Å²) >= 11 is 17.6. The molecule has 0 fully saturated rings. The standard InChI is InChI=1S/C15H14Cl3NO3/c1-3-4-5-6-14(20)22-9(2)15(21)19-13-8-11(17)10(16)7-12(13)18/h3-9H,1-2H3,(H,19,21)/b4-3+,6-5+. The van der Waals surface area contributed by atoms with Crippen molar-refractivity contribution in [2.75, 3.05) is 5.32 Å². The Bertz CT molecular complexity index is 627. The van der Waals surface area contributed by atoms with Crippen LogP contribution in [0.5, 0.6) is 0 Å². The molecule has 1 aromatic carbocycles. The first-order valence-electron chi connectivity index (χ1n) is 6.30. The number of hydrogen-bond acceptors (Lipinski definition) is 3. The van der Waals surface area contributed by atoms with E-state index in [0.29, 0.717) is 0 Å². The molecule has 0 heterocycles. The third-order valence-corrected chi connectivity index (χ3v) is 3.50. The molecule has 1 amide bonds. The van der Waals surface area contributed by atoms with Crippen LogP contribution in [0.25, 0.3) is 0 Å². The molecule has 0 aliphatic heterocycles. The first-order chi connectivity index (χ1) is 10.3. The number of allylic oxidation sites excluding steroid dienone is 3. The van der Waals surface area contributed by atoms with Gasteiger partial charge in [-0.05, 0) is 26.0 Å². The van der Waals surface area contributed by atoms with E-state index in [1.54, 1.807) is 12.2 Å². The van der Waals surface area contributed by atoms with Crippen LogP contribution < -0.4 is 5.32 Å². The minimum atomic E-state index is -0.992. The molecule has 1 N–H and O–H groups in total. The zero-order valence-electron chi connectivity index (χ0n) is 11.9. The Hall–Kier alpha value is -1.49. The minimum absolute atomic E-state index is 0.231. The highest BCUT2D eigenvalue weighted by molar-refractivity contribution is 6.44. The monoisotopic (exact) mass is 361 g/mol. The van der Waals surface area contributed by atoms with Crippen molar-refractivity contribution in [1.29, 1.82) is 0 Å². The van der Waals surface area contributed by atoms with Crippen molar-refractivity contribution in [2.45, 2.75) is 20.0 Å². The van der Waals surface area contributed by atoms with E-state index in [4.69, 9.17) is 39.5 Å². The average molecular weight is 363 g/mol. The fourth-order valence-electron chi connectivity index (χ4n) is 1.36. The van der Waals surface area contributed by atoms with Gasteiger partial charge in [0.1, 0.15) is 0 Å². The Morgan fingerprint density at radius 3 is 2.41 bits per heavy atom. The van der Waals surface area contributed by atoms with E-state index in [-0.39, 0.29) is 20.8 Å². The molecule has 0 aromatic heterocycles. The first-order valence-corrected chi connectivity index (χ1v) is 7.44. The lowest BCUT2D eigenvalue weighted by Gasteiger charge is -2.13. The summed E-state index contributed by atoms with van der Waals surface area (Å²) in [6.07, 6.45) is 5.17. The molecule has 1 atom stereocenters. The highest BCUT2D eigenvalue weighted by Crippen LogP contribution is 2.32. The zero-order valence-corrected chi connectivity index (χ0v) is 14.2. The number of carbonyl (C=O) groups is 2. The van der Waals surface area contributed by atoms with Gasteiger partial charge in [-0.1, -0.05) is 53.0 Å². The molecule has 1 rings (SSSR count). The van der Waals surface area contributed by atoms with Crippen LogP contribution >= 0.6 is 34.8 Å². The summed E-state index contributed by atoms with van der Waals surface area (Å²) in [5.74, 6) is -1.16. The van der Waals surface area contributed by atoms with E-state index in [9.17, 15) is 9.59 Å². The summed E-state index contributed by atoms with van der Waals surface area (Å²) in [5.41, 5.74) is 0.286. The second-order valence-electron chi connectivity index (χ2n) is 4.20. The van der Waals surface area contributed by atoms with Gasteiger partial charge in [-0.25, -0.2) is 4.79 Å². The van der Waals surface area contributed by atoms with Crippen molar-refractivity contribution < 1.29 is 14.3 Å². The van der Waals surface area contributed by atoms with E-state index >= 15 is 0 Å². The molecule has 0 radical (unpaired) electrons. The molecule has 4 nitrogen and oxygen atoms in total. The average Bonchev–Trinajstić information content (AvgIpc) is 2.44. The van der Waals surface area contributed by atoms with Gasteiger partial charge in [0, 0.05) is 6.08 Å². The van der Waals surface area contributed by atoms with Gasteiger partial charge >= 0.3 is 5.97 Å². The molecule has 1 aromatic rings. The highest BCUT2D eigenvalue weighted by Gasteiger charge is 2.18. The van der Waals surface area contributed by atoms with Gasteiger partial charge in [0.25, 0.3) is 5.91 Å². The van der Waals surface area contributed by atoms with Gasteiger partial charge in [-0.15, -0.1) is 0 Å². The van der Waals surface area contributed by atoms with Gasteiger partial charge in [0.2, 0.25) is 0 Å². The summed E-state index contributed by atoms with van der Waals surface area (Å²) in [6, 6.07) is 2.84. The van der Waals surface area contributed by atoms with Crippen LogP contribution in [0.3, 0.4) is 0 Å². The molecule has 118 valence electrons. The Labute approximate surface area is 143 Å². The summed E-state index contributed by atoms with van der Waals surface area (Å²) in [4.78, 5) is 23.4. The number of carbonyl (C=O) groups excluding carboxylic acids is 2. The topological polar surface area (TPSA) is 55.4 Å². The van der Waals surface area contributed by atoms with Crippen molar-refractivity contribution in [2.24, 2.45) is 0 Å². The quantitative estimate of drug-likeness (QED) is 0.359. The van der Waals surface area contributed by atoms with Crippen LogP contribution in [0.4, 0.5) is 5.69 Å². The third kappa shape index (κ3) is 5.72. The summed E-state index contributed by atoms with van der Waals surface area (Å²) in [5, 5.41) is 3.28. The van der Waals surface area contributed by atoms with Crippen LogP contribution in [0.2, 0.25) is 15.1 Å². The third-order valence-electron chi connectivity index (χ3n) is 2.47. The van der Waals surface area contributed by atoms with Crippen molar-refractivity contribution >= 4 is 52.4 Å². The normalized spacial score (nSPS) is 12.6. The number of halogens is 3. The molecular weight excluding hydrogens is 349 g/mol. The highest BCUT2D eigenvalue weighted by atomic mass is 35.5. The molecule has 0 aliphatic carbocycles. The van der Waals surface area contributed by atoms with E-state index < -0.39 is 18.0 Å². The van der Waals surface area contributed by atoms with Gasteiger partial charge in [-0.2, -0.15) is 0 Å². The number of amides is 1. The van der Waals surface area contributed by atoms with Gasteiger partial charge in [-0.3, -0.25) is 4.79 Å². The van der Waals surface area contributed by atoms with E-state index in [2.05, 4.69) is 5.32 Å². The second kappa shape index (κ2) is 8.83. The van der Waals surface area contributed by atoms with Crippen LogP contribution in [-0.2, 0) is 14.3 Å². The lowest BCUT2D eigenvalue weighted by atomic mass is 10.3. The number of anilines is 1. The Balaban J connectivity index is 2.69. The maximum atomic E-state index is 12.0. The fraction of sp³-hybridized carbons (Fsp3) is 0.200. The number of ether oxygens (including phenoxy) is 1. The van der Waals surface area contributed by atoms with Crippen molar-refractivity contribution in [3.8, 4) is 0 Å². The SMILES string of the molecule is C/C=C/C=C/C(=O)OC(C)C(=O)Nc1cc(Cl)c(Cl)cc1Cl. The molecule has 0 saturated heterocycles. The predicted molar refractivity (Wildman–Crippen MR) is 89.6 cm³/mol. The number of esters is 1. The largest absolute Gasteiger partial charge is 0.449 e. The summed E-state index contributed by atoms with van der Waals surface area (Å²) in [7, 11) is 0. The predicted octanol–water partition coefficient (Wildman–Crippen LogP) is 4.65.